The molecule has 11 heavy (non-hydrogen) atoms. The van der Waals surface area contributed by atoms with Gasteiger partial charge in [-0.25, -0.2) is 0 Å². The van der Waals surface area contributed by atoms with Crippen molar-refractivity contribution in [2.24, 2.45) is 0 Å². The third kappa shape index (κ3) is 1150. The van der Waals surface area contributed by atoms with Crippen molar-refractivity contribution in [3.63, 3.8) is 0 Å². The largest absolute Gasteiger partial charge is 4.00 e. The van der Waals surface area contributed by atoms with E-state index in [9.17, 15) is 0 Å². The molecule has 0 aliphatic rings. The van der Waals surface area contributed by atoms with Crippen LogP contribution < -0.4 is 9.79 Å². The van der Waals surface area contributed by atoms with Crippen LogP contribution in [-0.4, -0.2) is 22.4 Å². The standard InChI is InChI=1S/H3O4P.H2O4S.Zr/c2*1-5(2,3)4;/h(H3,1,2,3,4);(H2,1,2,3,4);/q;;+4/p-4. The second-order valence-electron chi connectivity index (χ2n) is 0.877. The Kier molecular flexibility index (Phi) is 10.3. The van der Waals surface area contributed by atoms with E-state index >= 15 is 0 Å². The molecule has 0 saturated carbocycles. The average molecular weight is 283 g/mol. The second kappa shape index (κ2) is 6.39. The zero-order chi connectivity index (χ0) is 9.00. The normalized spacial score (nSPS) is 10.6. The Morgan fingerprint density at radius 1 is 1.18 bits per heavy atom. The number of hydrogen-bond donors (Lipinski definition) is 1. The van der Waals surface area contributed by atoms with Crippen LogP contribution in [0.25, 0.3) is 0 Å². The molecule has 0 saturated heterocycles. The topological polar surface area (TPSA) is 164 Å². The molecule has 0 amide bonds. The van der Waals surface area contributed by atoms with Crippen LogP contribution in [0.4, 0.5) is 0 Å². The predicted octanol–water partition coefficient (Wildman–Crippen LogP) is -3.53. The van der Waals surface area contributed by atoms with Crippen LogP contribution in [0.1, 0.15) is 0 Å². The van der Waals surface area contributed by atoms with Gasteiger partial charge in [-0.15, -0.1) is 0 Å². The molecule has 11 heteroatoms. The van der Waals surface area contributed by atoms with E-state index < -0.39 is 18.2 Å². The van der Waals surface area contributed by atoms with Crippen molar-refractivity contribution in [2.75, 3.05) is 0 Å². The molecule has 0 atom stereocenters. The molecule has 64 valence electrons. The van der Waals surface area contributed by atoms with Crippen LogP contribution in [-0.2, 0) is 41.2 Å². The van der Waals surface area contributed by atoms with Gasteiger partial charge in [0.1, 0.15) is 0 Å². The summed E-state index contributed by atoms with van der Waals surface area (Å²) in [5.41, 5.74) is 0. The van der Waals surface area contributed by atoms with Crippen molar-refractivity contribution < 1.29 is 63.0 Å². The monoisotopic (exact) mass is 282 g/mol. The maximum Gasteiger partial charge on any atom is 4.00 e. The SMILES string of the molecule is O=P([O-])([O-])O.O=S(=O)([O-])[O-].[Zr+4]. The van der Waals surface area contributed by atoms with Gasteiger partial charge in [0.15, 0.2) is 0 Å². The molecule has 0 spiro atoms. The van der Waals surface area contributed by atoms with E-state index in [1.165, 1.54) is 0 Å². The third-order valence-corrected chi connectivity index (χ3v) is 0. The Bertz CT molecular complexity index is 192. The van der Waals surface area contributed by atoms with E-state index in [0.717, 1.165) is 0 Å². The quantitative estimate of drug-likeness (QED) is 0.271. The molecule has 0 aromatic carbocycles. The smallest absolute Gasteiger partial charge is 0.790 e. The molecule has 0 aromatic heterocycles. The van der Waals surface area contributed by atoms with Crippen LogP contribution in [0.5, 0.6) is 0 Å². The Labute approximate surface area is 81.2 Å². The van der Waals surface area contributed by atoms with E-state index in [-0.39, 0.29) is 26.2 Å². The molecular formula is HO8PSZr. The summed E-state index contributed by atoms with van der Waals surface area (Å²) in [6.45, 7) is 0. The fourth-order valence-electron chi connectivity index (χ4n) is 0. The van der Waals surface area contributed by atoms with Gasteiger partial charge in [0.05, 0.1) is 7.82 Å². The van der Waals surface area contributed by atoms with Gasteiger partial charge in [-0.05, 0) is 0 Å². The minimum absolute atomic E-state index is 0. The summed E-state index contributed by atoms with van der Waals surface area (Å²) < 4.78 is 42.7. The molecule has 8 nitrogen and oxygen atoms in total. The fourth-order valence-corrected chi connectivity index (χ4v) is 0. The minimum atomic E-state index is -5.17. The maximum absolute atomic E-state index is 8.66. The number of hydrogen-bond acceptors (Lipinski definition) is 7. The van der Waals surface area contributed by atoms with Crippen molar-refractivity contribution in [1.29, 1.82) is 0 Å². The van der Waals surface area contributed by atoms with Crippen LogP contribution >= 0.6 is 7.82 Å². The number of phosphoric acid groups is 1. The van der Waals surface area contributed by atoms with Gasteiger partial charge >= 0.3 is 26.2 Å². The second-order valence-corrected chi connectivity index (χ2v) is 2.63. The fraction of sp³-hybridized carbons (Fsp3) is 0. The molecule has 0 heterocycles. The van der Waals surface area contributed by atoms with Gasteiger partial charge < -0.3 is 28.4 Å². The zero-order valence-electron chi connectivity index (χ0n) is 4.66. The average Bonchev–Trinajstić information content (AvgIpc) is 1.12. The van der Waals surface area contributed by atoms with Crippen molar-refractivity contribution in [2.45, 2.75) is 0 Å². The molecule has 0 radical (unpaired) electrons. The van der Waals surface area contributed by atoms with Gasteiger partial charge in [0.2, 0.25) is 0 Å². The first-order valence-electron chi connectivity index (χ1n) is 1.41. The van der Waals surface area contributed by atoms with Crippen LogP contribution in [0.15, 0.2) is 0 Å². The maximum atomic E-state index is 8.66. The van der Waals surface area contributed by atoms with Gasteiger partial charge in [0, 0.05) is 10.4 Å². The van der Waals surface area contributed by atoms with E-state index in [0.29, 0.717) is 0 Å². The summed E-state index contributed by atoms with van der Waals surface area (Å²) in [6.07, 6.45) is 0. The Morgan fingerprint density at radius 2 is 1.18 bits per heavy atom. The van der Waals surface area contributed by atoms with E-state index in [4.69, 9.17) is 36.8 Å². The summed E-state index contributed by atoms with van der Waals surface area (Å²) in [5, 5.41) is 0. The first-order chi connectivity index (χ1) is 4.00. The van der Waals surface area contributed by atoms with Crippen molar-refractivity contribution in [3.8, 4) is 0 Å². The molecular weight excluding hydrogens is 282 g/mol. The summed E-state index contributed by atoms with van der Waals surface area (Å²) in [5.74, 6) is 0. The van der Waals surface area contributed by atoms with Crippen molar-refractivity contribution >= 4 is 18.2 Å². The summed E-state index contributed by atoms with van der Waals surface area (Å²) >= 11 is 0. The van der Waals surface area contributed by atoms with Crippen molar-refractivity contribution in [3.05, 3.63) is 0 Å². The van der Waals surface area contributed by atoms with Crippen LogP contribution in [0, 0.1) is 0 Å². The molecule has 1 N–H and O–H groups in total. The van der Waals surface area contributed by atoms with E-state index in [2.05, 4.69) is 0 Å². The molecule has 0 rings (SSSR count). The molecule has 0 aromatic rings. The van der Waals surface area contributed by atoms with Gasteiger partial charge in [-0.3, -0.25) is 8.42 Å². The molecule has 0 aliphatic carbocycles. The molecule has 0 fully saturated rings. The molecule has 0 bridgehead atoms. The van der Waals surface area contributed by atoms with Gasteiger partial charge in [0.25, 0.3) is 0 Å². The zero-order valence-corrected chi connectivity index (χ0v) is 8.83. The Morgan fingerprint density at radius 3 is 1.18 bits per heavy atom. The van der Waals surface area contributed by atoms with E-state index in [1.54, 1.807) is 0 Å². The van der Waals surface area contributed by atoms with Gasteiger partial charge in [-0.1, -0.05) is 0 Å². The Balaban J connectivity index is -0.000000107. The third-order valence-electron chi connectivity index (χ3n) is 0. The van der Waals surface area contributed by atoms with Gasteiger partial charge in [-0.2, -0.15) is 0 Å². The minimum Gasteiger partial charge on any atom is -0.790 e. The number of rotatable bonds is 0. The molecule has 0 unspecified atom stereocenters. The first-order valence-corrected chi connectivity index (χ1v) is 4.24. The van der Waals surface area contributed by atoms with Crippen LogP contribution in [0.3, 0.4) is 0 Å². The van der Waals surface area contributed by atoms with E-state index in [1.807, 2.05) is 0 Å². The first kappa shape index (κ1) is 17.8. The summed E-state index contributed by atoms with van der Waals surface area (Å²) in [6, 6.07) is 0. The molecule has 0 aliphatic heterocycles. The predicted molar refractivity (Wildman–Crippen MR) is 20.3 cm³/mol. The van der Waals surface area contributed by atoms with Crippen molar-refractivity contribution in [1.82, 2.24) is 0 Å². The summed E-state index contributed by atoms with van der Waals surface area (Å²) in [4.78, 5) is 24.3. The van der Waals surface area contributed by atoms with Crippen LogP contribution in [0.2, 0.25) is 0 Å². The summed E-state index contributed by atoms with van der Waals surface area (Å²) in [7, 11) is -10.3. The Hall–Kier alpha value is 0.863.